The van der Waals surface area contributed by atoms with Crippen LogP contribution in [0, 0.1) is 0 Å². The van der Waals surface area contributed by atoms with Crippen LogP contribution < -0.4 is 10.2 Å². The van der Waals surface area contributed by atoms with Crippen molar-refractivity contribution in [1.82, 2.24) is 0 Å². The number of alkyl halides is 6. The zero-order valence-electron chi connectivity index (χ0n) is 13.2. The number of para-hydroxylation sites is 1. The van der Waals surface area contributed by atoms with E-state index in [9.17, 15) is 26.3 Å². The summed E-state index contributed by atoms with van der Waals surface area (Å²) in [6.45, 7) is 0. The topological polar surface area (TPSA) is 42.9 Å². The normalized spacial score (nSPS) is 13.6. The molecular weight excluding hydrogens is 446 g/mol. The minimum absolute atomic E-state index is 0.0509. The Morgan fingerprint density at radius 3 is 2.30 bits per heavy atom. The molecule has 0 aliphatic rings. The summed E-state index contributed by atoms with van der Waals surface area (Å²) in [4.78, 5) is 0. The van der Waals surface area contributed by atoms with Crippen molar-refractivity contribution in [2.45, 2.75) is 18.8 Å². The molecule has 0 aromatic heterocycles. The fourth-order valence-electron chi connectivity index (χ4n) is 1.75. The van der Waals surface area contributed by atoms with Crippen LogP contribution >= 0.6 is 15.9 Å². The maximum atomic E-state index is 13.4. The first-order chi connectivity index (χ1) is 12.6. The van der Waals surface area contributed by atoms with Gasteiger partial charge < -0.3 is 4.74 Å². The van der Waals surface area contributed by atoms with E-state index in [1.807, 2.05) is 6.07 Å². The largest absolute Gasteiger partial charge is 0.525 e. The maximum absolute atomic E-state index is 13.4. The lowest BCUT2D eigenvalue weighted by Gasteiger charge is -2.22. The van der Waals surface area contributed by atoms with Gasteiger partial charge in [0, 0.05) is 0 Å². The summed E-state index contributed by atoms with van der Waals surface area (Å²) in [5.74, 6) is -0.582. The Morgan fingerprint density at radius 2 is 1.70 bits per heavy atom. The van der Waals surface area contributed by atoms with Crippen molar-refractivity contribution in [3.8, 4) is 5.75 Å². The summed E-state index contributed by atoms with van der Waals surface area (Å²) in [6, 6.07) is 12.6. The molecular formula is C16H11BrF6N2O2. The number of anilines is 1. The van der Waals surface area contributed by atoms with E-state index in [0.29, 0.717) is 11.3 Å². The average molecular weight is 457 g/mol. The molecule has 146 valence electrons. The molecule has 1 atom stereocenters. The van der Waals surface area contributed by atoms with E-state index in [-0.39, 0.29) is 4.47 Å². The van der Waals surface area contributed by atoms with Gasteiger partial charge in [-0.05, 0) is 51.8 Å². The monoisotopic (exact) mass is 456 g/mol. The van der Waals surface area contributed by atoms with E-state index in [2.05, 4.69) is 35.9 Å². The van der Waals surface area contributed by atoms with Gasteiger partial charge in [-0.1, -0.05) is 18.2 Å². The van der Waals surface area contributed by atoms with Crippen molar-refractivity contribution in [3.05, 3.63) is 58.6 Å². The van der Waals surface area contributed by atoms with Crippen LogP contribution in [-0.2, 0) is 4.74 Å². The highest BCUT2D eigenvalue weighted by atomic mass is 79.9. The van der Waals surface area contributed by atoms with Gasteiger partial charge in [-0.3, -0.25) is 5.43 Å². The minimum Gasteiger partial charge on any atom is -0.427 e. The van der Waals surface area contributed by atoms with Crippen LogP contribution in [0.25, 0.3) is 0 Å². The lowest BCUT2D eigenvalue weighted by Crippen LogP contribution is -2.41. The Bertz CT molecular complexity index is 786. The minimum atomic E-state index is -5.57. The highest BCUT2D eigenvalue weighted by Gasteiger charge is 2.50. The Labute approximate surface area is 157 Å². The number of hydrazone groups is 1. The van der Waals surface area contributed by atoms with Gasteiger partial charge in [0.2, 0.25) is 0 Å². The van der Waals surface area contributed by atoms with Crippen LogP contribution in [0.1, 0.15) is 5.56 Å². The predicted molar refractivity (Wildman–Crippen MR) is 89.4 cm³/mol. The van der Waals surface area contributed by atoms with Gasteiger partial charge in [0.15, 0.2) is 0 Å². The van der Waals surface area contributed by atoms with Crippen LogP contribution in [0.3, 0.4) is 0 Å². The van der Waals surface area contributed by atoms with Gasteiger partial charge in [0.05, 0.1) is 16.4 Å². The first kappa shape index (κ1) is 21.0. The maximum Gasteiger partial charge on any atom is 0.525 e. The molecule has 2 aromatic carbocycles. The molecule has 0 radical (unpaired) electrons. The first-order valence-electron chi connectivity index (χ1n) is 7.16. The van der Waals surface area contributed by atoms with Crippen LogP contribution in [0.5, 0.6) is 5.75 Å². The van der Waals surface area contributed by atoms with Crippen LogP contribution in [0.2, 0.25) is 0 Å². The molecule has 1 unspecified atom stereocenters. The molecule has 0 amide bonds. The lowest BCUT2D eigenvalue weighted by molar-refractivity contribution is -0.411. The van der Waals surface area contributed by atoms with E-state index in [1.165, 1.54) is 18.3 Å². The summed E-state index contributed by atoms with van der Waals surface area (Å²) in [5, 5.41) is 3.94. The molecule has 1 N–H and O–H groups in total. The quantitative estimate of drug-likeness (QED) is 0.330. The van der Waals surface area contributed by atoms with Crippen molar-refractivity contribution in [3.63, 3.8) is 0 Å². The van der Waals surface area contributed by atoms with Crippen LogP contribution in [0.15, 0.2) is 58.1 Å². The Balaban J connectivity index is 2.03. The Hall–Kier alpha value is -2.27. The van der Waals surface area contributed by atoms with Crippen molar-refractivity contribution < 1.29 is 35.8 Å². The van der Waals surface area contributed by atoms with Crippen LogP contribution in [0.4, 0.5) is 32.0 Å². The molecule has 0 spiro atoms. The zero-order valence-corrected chi connectivity index (χ0v) is 14.8. The number of rotatable bonds is 7. The van der Waals surface area contributed by atoms with Crippen molar-refractivity contribution in [2.75, 3.05) is 5.43 Å². The lowest BCUT2D eigenvalue weighted by atomic mass is 10.2. The number of hydrogen-bond acceptors (Lipinski definition) is 4. The number of halogens is 7. The van der Waals surface area contributed by atoms with E-state index in [4.69, 9.17) is 0 Å². The number of ether oxygens (including phenoxy) is 2. The second kappa shape index (κ2) is 8.61. The molecule has 2 rings (SSSR count). The van der Waals surface area contributed by atoms with Gasteiger partial charge >= 0.3 is 18.8 Å². The molecule has 2 aromatic rings. The van der Waals surface area contributed by atoms with Crippen molar-refractivity contribution in [2.24, 2.45) is 5.10 Å². The fraction of sp³-hybridized carbons (Fsp3) is 0.188. The third kappa shape index (κ3) is 6.75. The zero-order chi connectivity index (χ0) is 20.1. The summed E-state index contributed by atoms with van der Waals surface area (Å²) < 4.78 is 82.1. The summed E-state index contributed by atoms with van der Waals surface area (Å²) in [7, 11) is 0. The number of hydrogen-bond donors (Lipinski definition) is 1. The van der Waals surface area contributed by atoms with Crippen LogP contribution in [-0.4, -0.2) is 25.0 Å². The van der Waals surface area contributed by atoms with Gasteiger partial charge in [-0.25, -0.2) is 9.13 Å². The van der Waals surface area contributed by atoms with Gasteiger partial charge in [-0.15, -0.1) is 13.2 Å². The van der Waals surface area contributed by atoms with E-state index < -0.39 is 24.6 Å². The smallest absolute Gasteiger partial charge is 0.427 e. The predicted octanol–water partition coefficient (Wildman–Crippen LogP) is 5.70. The Morgan fingerprint density at radius 1 is 1.04 bits per heavy atom. The molecule has 0 bridgehead atoms. The molecule has 0 aliphatic carbocycles. The summed E-state index contributed by atoms with van der Waals surface area (Å²) >= 11 is 2.92. The standard InChI is InChI=1S/C16H11BrF6N2O2/c17-12-8-10(9-24-25-11-4-2-1-3-5-11)6-7-13(12)26-15(19,20)14(18)27-16(21,22)23/h1-9,14,25H. The van der Waals surface area contributed by atoms with Gasteiger partial charge in [0.1, 0.15) is 5.75 Å². The molecule has 0 saturated heterocycles. The molecule has 4 nitrogen and oxygen atoms in total. The first-order valence-corrected chi connectivity index (χ1v) is 7.95. The second-order valence-corrected chi connectivity index (χ2v) is 5.82. The number of benzene rings is 2. The third-order valence-electron chi connectivity index (χ3n) is 2.88. The van der Waals surface area contributed by atoms with E-state index in [1.54, 1.807) is 24.3 Å². The molecule has 0 heterocycles. The highest BCUT2D eigenvalue weighted by molar-refractivity contribution is 9.10. The molecule has 0 fully saturated rings. The third-order valence-corrected chi connectivity index (χ3v) is 3.50. The van der Waals surface area contributed by atoms with Gasteiger partial charge in [0.25, 0.3) is 0 Å². The summed E-state index contributed by atoms with van der Waals surface area (Å²) in [6.07, 6.45) is -13.1. The highest BCUT2D eigenvalue weighted by Crippen LogP contribution is 2.35. The molecule has 27 heavy (non-hydrogen) atoms. The molecule has 0 aliphatic heterocycles. The van der Waals surface area contributed by atoms with Crippen molar-refractivity contribution in [1.29, 1.82) is 0 Å². The van der Waals surface area contributed by atoms with E-state index >= 15 is 0 Å². The fourth-order valence-corrected chi connectivity index (χ4v) is 2.23. The number of nitrogens with zero attached hydrogens (tertiary/aromatic N) is 1. The van der Waals surface area contributed by atoms with E-state index in [0.717, 1.165) is 6.07 Å². The molecule has 0 saturated carbocycles. The Kier molecular flexibility index (Phi) is 6.71. The number of nitrogens with one attached hydrogen (secondary N) is 1. The summed E-state index contributed by atoms with van der Waals surface area (Å²) in [5.41, 5.74) is 3.89. The SMILES string of the molecule is FC(OC(F)(F)F)C(F)(F)Oc1ccc(C=NNc2ccccc2)cc1Br. The second-order valence-electron chi connectivity index (χ2n) is 4.97. The van der Waals surface area contributed by atoms with Gasteiger partial charge in [-0.2, -0.15) is 13.9 Å². The molecule has 11 heteroatoms. The average Bonchev–Trinajstić information content (AvgIpc) is 2.56. The van der Waals surface area contributed by atoms with Crippen molar-refractivity contribution >= 4 is 27.8 Å².